The number of halogens is 1. The molecule has 0 aromatic heterocycles. The Morgan fingerprint density at radius 3 is 2.10 bits per heavy atom. The number of carbonyl (C=O) groups excluding carboxylic acids is 5. The van der Waals surface area contributed by atoms with E-state index in [0.717, 1.165) is 6.92 Å². The highest BCUT2D eigenvalue weighted by Gasteiger charge is 2.68. The van der Waals surface area contributed by atoms with Gasteiger partial charge in [-0.05, 0) is 31.4 Å². The maximum absolute atomic E-state index is 12.9. The third-order valence-corrected chi connectivity index (χ3v) is 8.62. The van der Waals surface area contributed by atoms with Gasteiger partial charge in [0.1, 0.15) is 24.4 Å². The number of alkyl halides is 1. The third-order valence-electron chi connectivity index (χ3n) is 8.31. The largest absolute Gasteiger partial charge is 0.462 e. The Kier molecular flexibility index (Phi) is 9.40. The van der Waals surface area contributed by atoms with Gasteiger partial charge in [0.05, 0.1) is 11.3 Å². The Morgan fingerprint density at radius 2 is 1.57 bits per heavy atom. The van der Waals surface area contributed by atoms with E-state index >= 15 is 0 Å². The van der Waals surface area contributed by atoms with Crippen LogP contribution in [0.15, 0.2) is 23.8 Å². The predicted octanol–water partition coefficient (Wildman–Crippen LogP) is 2.55. The summed E-state index contributed by atoms with van der Waals surface area (Å²) in [5.41, 5.74) is -2.78. The maximum Gasteiger partial charge on any atom is 0.312 e. The van der Waals surface area contributed by atoms with Crippen molar-refractivity contribution in [2.24, 2.45) is 17.3 Å². The second-order valence-electron chi connectivity index (χ2n) is 10.9. The Bertz CT molecular complexity index is 1120. The van der Waals surface area contributed by atoms with Gasteiger partial charge in [-0.25, -0.2) is 0 Å². The van der Waals surface area contributed by atoms with E-state index in [1.165, 1.54) is 33.8 Å². The van der Waals surface area contributed by atoms with Gasteiger partial charge in [0, 0.05) is 45.9 Å². The van der Waals surface area contributed by atoms with Crippen molar-refractivity contribution in [1.29, 1.82) is 0 Å². The molecule has 3 aliphatic rings. The second kappa shape index (κ2) is 11.9. The molecular weight excluding hydrogens is 548 g/mol. The molecule has 0 radical (unpaired) electrons. The molecular formula is C28H37ClO11. The monoisotopic (exact) mass is 584 g/mol. The van der Waals surface area contributed by atoms with Crippen LogP contribution >= 0.6 is 11.6 Å². The van der Waals surface area contributed by atoms with Crippen molar-refractivity contribution in [2.75, 3.05) is 5.88 Å². The number of aliphatic hydroxyl groups is 1. The van der Waals surface area contributed by atoms with Crippen molar-refractivity contribution in [3.05, 3.63) is 23.8 Å². The molecule has 9 atom stereocenters. The van der Waals surface area contributed by atoms with Crippen LogP contribution in [0, 0.1) is 17.3 Å². The fraction of sp³-hybridized carbons (Fsp3) is 0.679. The van der Waals surface area contributed by atoms with Crippen molar-refractivity contribution >= 4 is 41.4 Å². The van der Waals surface area contributed by atoms with Crippen molar-refractivity contribution in [1.82, 2.24) is 0 Å². The van der Waals surface area contributed by atoms with Crippen LogP contribution in [0.5, 0.6) is 0 Å². The number of ether oxygens (including phenoxy) is 5. The van der Waals surface area contributed by atoms with Gasteiger partial charge in [-0.15, -0.1) is 11.6 Å². The summed E-state index contributed by atoms with van der Waals surface area (Å²) in [7, 11) is 0. The molecule has 40 heavy (non-hydrogen) atoms. The summed E-state index contributed by atoms with van der Waals surface area (Å²) in [6.07, 6.45) is -4.08. The lowest BCUT2D eigenvalue weighted by molar-refractivity contribution is -0.221. The number of hydrogen-bond acceptors (Lipinski definition) is 11. The van der Waals surface area contributed by atoms with E-state index < -0.39 is 83.2 Å². The van der Waals surface area contributed by atoms with Gasteiger partial charge < -0.3 is 28.8 Å². The molecule has 3 rings (SSSR count). The van der Waals surface area contributed by atoms with Crippen molar-refractivity contribution in [3.63, 3.8) is 0 Å². The van der Waals surface area contributed by atoms with Gasteiger partial charge in [-0.1, -0.05) is 19.1 Å². The van der Waals surface area contributed by atoms with Crippen LogP contribution in [-0.2, 0) is 47.7 Å². The Hall–Kier alpha value is -2.92. The zero-order valence-corrected chi connectivity index (χ0v) is 24.3. The van der Waals surface area contributed by atoms with Crippen LogP contribution in [0.4, 0.5) is 0 Å². The molecule has 1 heterocycles. The molecule has 0 spiro atoms. The topological polar surface area (TPSA) is 152 Å². The Morgan fingerprint density at radius 1 is 1.02 bits per heavy atom. The molecule has 0 aromatic carbocycles. The van der Waals surface area contributed by atoms with E-state index in [4.69, 9.17) is 35.3 Å². The normalized spacial score (nSPS) is 38.9. The minimum absolute atomic E-state index is 0.128. The lowest BCUT2D eigenvalue weighted by Gasteiger charge is -2.55. The molecule has 2 aliphatic carbocycles. The summed E-state index contributed by atoms with van der Waals surface area (Å²) in [4.78, 5) is 62.4. The van der Waals surface area contributed by atoms with Gasteiger partial charge in [0.2, 0.25) is 0 Å². The van der Waals surface area contributed by atoms with E-state index in [0.29, 0.717) is 12.0 Å². The van der Waals surface area contributed by atoms with Crippen LogP contribution in [0.3, 0.4) is 0 Å². The van der Waals surface area contributed by atoms with Gasteiger partial charge in [-0.2, -0.15) is 0 Å². The summed E-state index contributed by atoms with van der Waals surface area (Å²) >= 11 is 6.30. The number of esters is 5. The van der Waals surface area contributed by atoms with E-state index in [1.807, 2.05) is 0 Å². The van der Waals surface area contributed by atoms with Gasteiger partial charge >= 0.3 is 29.8 Å². The van der Waals surface area contributed by atoms with Crippen LogP contribution in [-0.4, -0.2) is 77.0 Å². The first-order chi connectivity index (χ1) is 18.6. The van der Waals surface area contributed by atoms with Crippen molar-refractivity contribution < 1.29 is 52.8 Å². The Balaban J connectivity index is 2.44. The van der Waals surface area contributed by atoms with E-state index in [1.54, 1.807) is 6.92 Å². The minimum Gasteiger partial charge on any atom is -0.462 e. The minimum atomic E-state index is -2.16. The molecule has 2 fully saturated rings. The zero-order valence-electron chi connectivity index (χ0n) is 23.6. The van der Waals surface area contributed by atoms with E-state index in [2.05, 4.69) is 6.58 Å². The molecule has 12 heteroatoms. The average molecular weight is 585 g/mol. The number of fused-ring (bicyclic) bond motifs is 2. The highest BCUT2D eigenvalue weighted by atomic mass is 35.5. The SMILES string of the molecule is C=C1CC[C@H](OC(C)=O)[C@]2(C)[C@@H](OC(C)=O)C[C@@H](OC(C)=O)/C(CCl)=C\[C@@H]3OC(=O)[C@H](C)[C@@]3(O)[C@@H](OC(C)=O)[C@@H]12. The summed E-state index contributed by atoms with van der Waals surface area (Å²) < 4.78 is 28.6. The van der Waals surface area contributed by atoms with E-state index in [9.17, 15) is 29.1 Å². The van der Waals surface area contributed by atoms with Gasteiger partial charge in [-0.3, -0.25) is 24.0 Å². The van der Waals surface area contributed by atoms with E-state index in [-0.39, 0.29) is 24.3 Å². The molecule has 11 nitrogen and oxygen atoms in total. The standard InChI is InChI=1S/C28H37ClO11/c1-13-8-9-21(37-16(4)31)27(7)22(38-17(5)32)11-20(36-15(3)30)19(12-29)10-23-28(35,14(2)26(34)40-23)25(24(13)27)39-18(6)33/h10,14,20-25,35H,1,8-9,11-12H2,2-7H3/b19-10-/t14-,20+,21-,22-,23-,24+,25-,27+,28-/m0/s1. The molecule has 1 aliphatic heterocycles. The molecule has 0 aromatic rings. The van der Waals surface area contributed by atoms with Crippen molar-refractivity contribution in [2.45, 2.75) is 96.9 Å². The first-order valence-corrected chi connectivity index (χ1v) is 13.7. The highest BCUT2D eigenvalue weighted by Crippen LogP contribution is 2.56. The smallest absolute Gasteiger partial charge is 0.312 e. The van der Waals surface area contributed by atoms with Crippen LogP contribution in [0.2, 0.25) is 0 Å². The first-order valence-electron chi connectivity index (χ1n) is 13.1. The lowest BCUT2D eigenvalue weighted by atomic mass is 9.54. The zero-order chi connectivity index (χ0) is 30.2. The summed E-state index contributed by atoms with van der Waals surface area (Å²) in [6.45, 7) is 12.1. The number of rotatable bonds is 5. The second-order valence-corrected chi connectivity index (χ2v) is 11.2. The molecule has 0 bridgehead atoms. The van der Waals surface area contributed by atoms with Gasteiger partial charge in [0.15, 0.2) is 11.7 Å². The summed E-state index contributed by atoms with van der Waals surface area (Å²) in [6, 6.07) is 0. The Labute approximate surface area is 238 Å². The third kappa shape index (κ3) is 5.76. The molecule has 0 amide bonds. The lowest BCUT2D eigenvalue weighted by Crippen LogP contribution is -2.66. The van der Waals surface area contributed by atoms with Crippen molar-refractivity contribution in [3.8, 4) is 0 Å². The highest BCUT2D eigenvalue weighted by molar-refractivity contribution is 6.19. The average Bonchev–Trinajstić information content (AvgIpc) is 3.05. The molecule has 1 N–H and O–H groups in total. The predicted molar refractivity (Wildman–Crippen MR) is 140 cm³/mol. The molecule has 1 saturated carbocycles. The summed E-state index contributed by atoms with van der Waals surface area (Å²) in [5.74, 6) is -5.86. The van der Waals surface area contributed by atoms with Crippen LogP contribution in [0.1, 0.15) is 60.8 Å². The number of carbonyl (C=O) groups is 5. The molecule has 1 saturated heterocycles. The quantitative estimate of drug-likeness (QED) is 0.219. The van der Waals surface area contributed by atoms with Gasteiger partial charge in [0.25, 0.3) is 0 Å². The maximum atomic E-state index is 12.9. The number of hydrogen-bond donors (Lipinski definition) is 1. The first kappa shape index (κ1) is 31.6. The molecule has 0 unspecified atom stereocenters. The van der Waals surface area contributed by atoms with Crippen LogP contribution < -0.4 is 0 Å². The fourth-order valence-electron chi connectivity index (χ4n) is 6.43. The fourth-order valence-corrected chi connectivity index (χ4v) is 6.69. The molecule has 222 valence electrons. The summed E-state index contributed by atoms with van der Waals surface area (Å²) in [5, 5.41) is 12.4. The van der Waals surface area contributed by atoms with Crippen LogP contribution in [0.25, 0.3) is 0 Å².